The van der Waals surface area contributed by atoms with Crippen LogP contribution in [0.15, 0.2) is 48.5 Å². The molecule has 1 aliphatic carbocycles. The van der Waals surface area contributed by atoms with E-state index in [1.165, 1.54) is 25.1 Å². The molecule has 1 aliphatic rings. The van der Waals surface area contributed by atoms with Crippen molar-refractivity contribution in [2.24, 2.45) is 5.92 Å². The third-order valence-corrected chi connectivity index (χ3v) is 7.53. The quantitative estimate of drug-likeness (QED) is 0.109. The number of nitro benzene ring substituents is 1. The lowest BCUT2D eigenvalue weighted by molar-refractivity contribution is -0.385. The number of Topliss-reactive ketones (excluding diaryl/α,β-unsaturated/α-hetero) is 1. The van der Waals surface area contributed by atoms with Gasteiger partial charge in [-0.05, 0) is 37.8 Å². The van der Waals surface area contributed by atoms with E-state index in [9.17, 15) is 34.1 Å². The molecule has 242 valence electrons. The molecular weight excluding hydrogens is 584 g/mol. The summed E-state index contributed by atoms with van der Waals surface area (Å²) in [5.74, 6) is -4.38. The van der Waals surface area contributed by atoms with Crippen LogP contribution >= 0.6 is 0 Å². The van der Waals surface area contributed by atoms with Gasteiger partial charge in [-0.1, -0.05) is 74.6 Å². The van der Waals surface area contributed by atoms with E-state index >= 15 is 0 Å². The van der Waals surface area contributed by atoms with Gasteiger partial charge in [-0.25, -0.2) is 0 Å². The zero-order valence-corrected chi connectivity index (χ0v) is 25.5. The Morgan fingerprint density at radius 3 is 2.33 bits per heavy atom. The van der Waals surface area contributed by atoms with Gasteiger partial charge in [0.25, 0.3) is 17.5 Å². The Hall–Kier alpha value is -4.65. The molecule has 1 unspecified atom stereocenters. The van der Waals surface area contributed by atoms with E-state index in [1.807, 2.05) is 30.3 Å². The van der Waals surface area contributed by atoms with E-state index < -0.39 is 53.0 Å². The molecule has 13 heteroatoms. The number of aryl methyl sites for hydroxylation is 1. The van der Waals surface area contributed by atoms with Crippen LogP contribution in [0.25, 0.3) is 0 Å². The van der Waals surface area contributed by atoms with Crippen molar-refractivity contribution in [2.75, 3.05) is 19.8 Å². The van der Waals surface area contributed by atoms with Crippen LogP contribution in [0.4, 0.5) is 5.69 Å². The van der Waals surface area contributed by atoms with Crippen LogP contribution in [-0.4, -0.2) is 66.2 Å². The number of para-hydroxylation sites is 1. The number of esters is 1. The van der Waals surface area contributed by atoms with Crippen molar-refractivity contribution in [1.29, 1.82) is 0 Å². The summed E-state index contributed by atoms with van der Waals surface area (Å²) in [4.78, 5) is 75.7. The van der Waals surface area contributed by atoms with E-state index in [0.717, 1.165) is 37.7 Å². The van der Waals surface area contributed by atoms with Crippen molar-refractivity contribution in [2.45, 2.75) is 71.1 Å². The van der Waals surface area contributed by atoms with Crippen molar-refractivity contribution in [3.63, 3.8) is 0 Å². The fourth-order valence-electron chi connectivity index (χ4n) is 5.24. The van der Waals surface area contributed by atoms with Crippen LogP contribution < -0.4 is 16.0 Å². The van der Waals surface area contributed by atoms with Gasteiger partial charge in [0, 0.05) is 5.56 Å². The summed E-state index contributed by atoms with van der Waals surface area (Å²) in [6.45, 7) is 2.37. The number of hydrogen-bond donors (Lipinski definition) is 3. The number of nitro groups is 1. The molecule has 0 saturated heterocycles. The number of ketones is 1. The molecule has 3 rings (SSSR count). The van der Waals surface area contributed by atoms with Crippen molar-refractivity contribution < 1.29 is 38.4 Å². The molecule has 2 aromatic rings. The number of rotatable bonds is 16. The predicted molar refractivity (Wildman–Crippen MR) is 163 cm³/mol. The summed E-state index contributed by atoms with van der Waals surface area (Å²) in [6, 6.07) is 10.8. The average molecular weight is 625 g/mol. The third kappa shape index (κ3) is 10.8. The Balaban J connectivity index is 1.81. The predicted octanol–water partition coefficient (Wildman–Crippen LogP) is 2.92. The number of ether oxygens (including phenoxy) is 2. The van der Waals surface area contributed by atoms with Crippen LogP contribution in [-0.2, 0) is 35.3 Å². The molecule has 0 heterocycles. The molecule has 3 N–H and O–H groups in total. The summed E-state index contributed by atoms with van der Waals surface area (Å²) < 4.78 is 10.5. The lowest BCUT2D eigenvalue weighted by Crippen LogP contribution is -2.56. The van der Waals surface area contributed by atoms with Crippen molar-refractivity contribution in [1.82, 2.24) is 16.0 Å². The van der Waals surface area contributed by atoms with Gasteiger partial charge in [0.05, 0.1) is 24.7 Å². The number of nitrogens with one attached hydrogen (secondary N) is 3. The molecule has 2 atom stereocenters. The van der Waals surface area contributed by atoms with Crippen molar-refractivity contribution in [3.05, 3.63) is 75.3 Å². The number of carbonyl (C=O) groups is 5. The minimum Gasteiger partial charge on any atom is -0.465 e. The van der Waals surface area contributed by atoms with Crippen molar-refractivity contribution in [3.8, 4) is 0 Å². The Morgan fingerprint density at radius 1 is 0.956 bits per heavy atom. The molecule has 13 nitrogen and oxygen atoms in total. The van der Waals surface area contributed by atoms with Gasteiger partial charge in [-0.2, -0.15) is 0 Å². The maximum atomic E-state index is 13.7. The normalized spacial score (nSPS) is 14.4. The summed E-state index contributed by atoms with van der Waals surface area (Å²) >= 11 is 0. The number of nitrogens with zero attached hydrogens (tertiary/aromatic N) is 1. The van der Waals surface area contributed by atoms with E-state index in [-0.39, 0.29) is 49.0 Å². The van der Waals surface area contributed by atoms with Crippen LogP contribution in [0.2, 0.25) is 0 Å². The first-order valence-electron chi connectivity index (χ1n) is 15.0. The summed E-state index contributed by atoms with van der Waals surface area (Å²) in [7, 11) is 0. The molecule has 45 heavy (non-hydrogen) atoms. The molecule has 0 spiro atoms. The second-order valence-corrected chi connectivity index (χ2v) is 10.9. The summed E-state index contributed by atoms with van der Waals surface area (Å²) in [5.41, 5.74) is 0.519. The fraction of sp³-hybridized carbons (Fsp3) is 0.469. The number of benzene rings is 2. The summed E-state index contributed by atoms with van der Waals surface area (Å²) in [5, 5.41) is 19.1. The number of hydrogen-bond acceptors (Lipinski definition) is 9. The largest absolute Gasteiger partial charge is 0.465 e. The molecule has 0 bridgehead atoms. The highest BCUT2D eigenvalue weighted by Crippen LogP contribution is 2.28. The standard InChI is InChI=1S/C32H40N4O9/c1-3-45-27(37)18-33-32(41)29(38)26(20-44-19-23-14-8-5-9-15-23)35-31(40)25(17-22-12-6-4-7-13-22)34-30(39)24-16-10-11-21(2)28(24)36(42)43/h5,8-11,14-16,22,25-26H,3-4,6-7,12-13,17-20H2,1-2H3,(H,33,41)(H,34,39)(H,35,40)/t25-,26?/m1/s1. The number of carbonyl (C=O) groups excluding carboxylic acids is 5. The average Bonchev–Trinajstić information content (AvgIpc) is 3.03. The van der Waals surface area contributed by atoms with Crippen LogP contribution in [0.5, 0.6) is 0 Å². The minimum absolute atomic E-state index is 0.0875. The molecule has 1 fully saturated rings. The monoisotopic (exact) mass is 624 g/mol. The first-order valence-corrected chi connectivity index (χ1v) is 15.0. The van der Waals surface area contributed by atoms with Gasteiger partial charge in [0.1, 0.15) is 24.2 Å². The SMILES string of the molecule is CCOC(=O)CNC(=O)C(=O)C(COCc1ccccc1)NC(=O)[C@@H](CC1CCCCC1)NC(=O)c1cccc(C)c1[N+](=O)[O-]. The molecular formula is C32H40N4O9. The lowest BCUT2D eigenvalue weighted by Gasteiger charge is -2.28. The Bertz CT molecular complexity index is 1360. The highest BCUT2D eigenvalue weighted by Gasteiger charge is 2.33. The topological polar surface area (TPSA) is 183 Å². The molecule has 2 aromatic carbocycles. The third-order valence-electron chi connectivity index (χ3n) is 7.53. The zero-order valence-electron chi connectivity index (χ0n) is 25.5. The first kappa shape index (κ1) is 34.8. The van der Waals surface area contributed by atoms with E-state index in [4.69, 9.17) is 9.47 Å². The summed E-state index contributed by atoms with van der Waals surface area (Å²) in [6.07, 6.45) is 4.90. The van der Waals surface area contributed by atoms with Gasteiger partial charge >= 0.3 is 5.97 Å². The molecule has 3 amide bonds. The van der Waals surface area contributed by atoms with Crippen LogP contribution in [0.3, 0.4) is 0 Å². The van der Waals surface area contributed by atoms with Crippen LogP contribution in [0.1, 0.15) is 66.9 Å². The highest BCUT2D eigenvalue weighted by molar-refractivity contribution is 6.38. The van der Waals surface area contributed by atoms with E-state index in [0.29, 0.717) is 0 Å². The van der Waals surface area contributed by atoms with Gasteiger partial charge in [-0.3, -0.25) is 34.1 Å². The molecule has 0 aromatic heterocycles. The second kappa shape index (κ2) is 17.6. The Labute approximate surface area is 261 Å². The second-order valence-electron chi connectivity index (χ2n) is 10.9. The zero-order chi connectivity index (χ0) is 32.8. The molecule has 1 saturated carbocycles. The lowest BCUT2D eigenvalue weighted by atomic mass is 9.84. The van der Waals surface area contributed by atoms with Gasteiger partial charge in [0.15, 0.2) is 0 Å². The molecule has 0 aliphatic heterocycles. The van der Waals surface area contributed by atoms with Crippen LogP contribution in [0, 0.1) is 23.0 Å². The van der Waals surface area contributed by atoms with Crippen molar-refractivity contribution >= 4 is 35.2 Å². The fourth-order valence-corrected chi connectivity index (χ4v) is 5.24. The highest BCUT2D eigenvalue weighted by atomic mass is 16.6. The van der Waals surface area contributed by atoms with Gasteiger partial charge in [-0.15, -0.1) is 0 Å². The van der Waals surface area contributed by atoms with Gasteiger partial charge in [0.2, 0.25) is 11.7 Å². The minimum atomic E-state index is -1.46. The maximum absolute atomic E-state index is 13.7. The van der Waals surface area contributed by atoms with E-state index in [1.54, 1.807) is 6.92 Å². The molecule has 0 radical (unpaired) electrons. The van der Waals surface area contributed by atoms with Gasteiger partial charge < -0.3 is 25.4 Å². The van der Waals surface area contributed by atoms with E-state index in [2.05, 4.69) is 16.0 Å². The number of amides is 3. The Morgan fingerprint density at radius 2 is 1.67 bits per heavy atom. The first-order chi connectivity index (χ1) is 21.6. The smallest absolute Gasteiger partial charge is 0.325 e. The Kier molecular flexibility index (Phi) is 13.6. The maximum Gasteiger partial charge on any atom is 0.325 e.